The SMILES string of the molecule is Cc1c(Cl)cccc1NC(=O)Nc1ccc2c(c1)[C@H]1OCCC[C@H]1[C@H](C)N2. The Morgan fingerprint density at radius 1 is 1.26 bits per heavy atom. The first kappa shape index (κ1) is 18.1. The smallest absolute Gasteiger partial charge is 0.323 e. The minimum atomic E-state index is -0.293. The van der Waals surface area contributed by atoms with Gasteiger partial charge in [-0.25, -0.2) is 4.79 Å². The molecule has 1 saturated heterocycles. The summed E-state index contributed by atoms with van der Waals surface area (Å²) >= 11 is 6.12. The molecule has 0 unspecified atom stereocenters. The van der Waals surface area contributed by atoms with E-state index >= 15 is 0 Å². The van der Waals surface area contributed by atoms with Gasteiger partial charge in [-0.3, -0.25) is 0 Å². The van der Waals surface area contributed by atoms with Crippen LogP contribution in [-0.4, -0.2) is 18.7 Å². The first-order chi connectivity index (χ1) is 13.0. The molecule has 2 aliphatic rings. The van der Waals surface area contributed by atoms with Gasteiger partial charge in [-0.1, -0.05) is 17.7 Å². The topological polar surface area (TPSA) is 62.4 Å². The fraction of sp³-hybridized carbons (Fsp3) is 0.381. The molecule has 2 amide bonds. The Bertz CT molecular complexity index is 871. The van der Waals surface area contributed by atoms with Crippen LogP contribution in [0.25, 0.3) is 0 Å². The van der Waals surface area contributed by atoms with Gasteiger partial charge >= 0.3 is 6.03 Å². The molecule has 27 heavy (non-hydrogen) atoms. The molecule has 0 bridgehead atoms. The van der Waals surface area contributed by atoms with E-state index in [-0.39, 0.29) is 12.1 Å². The number of hydrogen-bond acceptors (Lipinski definition) is 3. The van der Waals surface area contributed by atoms with Gasteiger partial charge in [-0.2, -0.15) is 0 Å². The fourth-order valence-electron chi connectivity index (χ4n) is 4.02. The second-order valence-electron chi connectivity index (χ2n) is 7.32. The Hall–Kier alpha value is -2.24. The number of amides is 2. The van der Waals surface area contributed by atoms with Crippen molar-refractivity contribution in [1.29, 1.82) is 0 Å². The predicted molar refractivity (Wildman–Crippen MR) is 110 cm³/mol. The first-order valence-electron chi connectivity index (χ1n) is 9.38. The second kappa shape index (κ2) is 7.41. The summed E-state index contributed by atoms with van der Waals surface area (Å²) in [6.07, 6.45) is 2.34. The van der Waals surface area contributed by atoms with Crippen LogP contribution < -0.4 is 16.0 Å². The molecule has 5 nitrogen and oxygen atoms in total. The van der Waals surface area contributed by atoms with Crippen LogP contribution >= 0.6 is 11.6 Å². The number of nitrogens with one attached hydrogen (secondary N) is 3. The Kier molecular flexibility index (Phi) is 4.98. The molecular weight excluding hydrogens is 362 g/mol. The molecule has 0 aromatic heterocycles. The lowest BCUT2D eigenvalue weighted by atomic mass is 9.80. The number of urea groups is 1. The van der Waals surface area contributed by atoms with Crippen LogP contribution in [-0.2, 0) is 4.74 Å². The molecule has 2 aromatic rings. The van der Waals surface area contributed by atoms with Crippen molar-refractivity contribution in [2.45, 2.75) is 38.8 Å². The van der Waals surface area contributed by atoms with Gasteiger partial charge in [0.1, 0.15) is 0 Å². The van der Waals surface area contributed by atoms with Crippen molar-refractivity contribution >= 4 is 34.7 Å². The average Bonchev–Trinajstić information content (AvgIpc) is 2.66. The highest BCUT2D eigenvalue weighted by molar-refractivity contribution is 6.31. The van der Waals surface area contributed by atoms with E-state index in [1.54, 1.807) is 6.07 Å². The van der Waals surface area contributed by atoms with E-state index in [1.165, 1.54) is 0 Å². The number of hydrogen-bond donors (Lipinski definition) is 3. The minimum Gasteiger partial charge on any atom is -0.382 e. The lowest BCUT2D eigenvalue weighted by Gasteiger charge is -2.42. The number of carbonyl (C=O) groups excluding carboxylic acids is 1. The third-order valence-electron chi connectivity index (χ3n) is 5.53. The first-order valence-corrected chi connectivity index (χ1v) is 9.76. The zero-order chi connectivity index (χ0) is 19.0. The standard InChI is InChI=1S/C21H24ClN3O2/c1-12-17(22)6-3-7-18(12)25-21(26)24-14-8-9-19-16(11-14)20-15(13(2)23-19)5-4-10-27-20/h3,6-9,11,13,15,20,23H,4-5,10H2,1-2H3,(H2,24,25,26)/t13-,15-,20-/m0/s1. The normalized spacial score (nSPS) is 23.6. The molecule has 2 heterocycles. The van der Waals surface area contributed by atoms with E-state index in [1.807, 2.05) is 37.3 Å². The quantitative estimate of drug-likeness (QED) is 0.632. The minimum absolute atomic E-state index is 0.0879. The van der Waals surface area contributed by atoms with Gasteiger partial charge in [0.2, 0.25) is 0 Å². The van der Waals surface area contributed by atoms with E-state index in [9.17, 15) is 4.79 Å². The van der Waals surface area contributed by atoms with Crippen LogP contribution in [0.2, 0.25) is 5.02 Å². The van der Waals surface area contributed by atoms with Crippen molar-refractivity contribution in [3.05, 3.63) is 52.5 Å². The number of benzene rings is 2. The van der Waals surface area contributed by atoms with Gasteiger partial charge in [0, 0.05) is 46.2 Å². The zero-order valence-electron chi connectivity index (χ0n) is 15.5. The van der Waals surface area contributed by atoms with Crippen molar-refractivity contribution in [3.8, 4) is 0 Å². The number of fused-ring (bicyclic) bond motifs is 3. The Balaban J connectivity index is 1.52. The maximum atomic E-state index is 12.4. The number of halogens is 1. The van der Waals surface area contributed by atoms with Crippen molar-refractivity contribution < 1.29 is 9.53 Å². The number of rotatable bonds is 2. The average molecular weight is 386 g/mol. The van der Waals surface area contributed by atoms with Crippen molar-refractivity contribution in [2.24, 2.45) is 5.92 Å². The second-order valence-corrected chi connectivity index (χ2v) is 7.73. The summed E-state index contributed by atoms with van der Waals surface area (Å²) in [4.78, 5) is 12.4. The van der Waals surface area contributed by atoms with Crippen LogP contribution in [0.3, 0.4) is 0 Å². The Morgan fingerprint density at radius 3 is 2.96 bits per heavy atom. The number of anilines is 3. The van der Waals surface area contributed by atoms with Gasteiger partial charge < -0.3 is 20.7 Å². The molecular formula is C21H24ClN3O2. The van der Waals surface area contributed by atoms with Crippen molar-refractivity contribution in [2.75, 3.05) is 22.6 Å². The highest BCUT2D eigenvalue weighted by atomic mass is 35.5. The molecule has 0 radical (unpaired) electrons. The molecule has 3 N–H and O–H groups in total. The third-order valence-corrected chi connectivity index (χ3v) is 5.93. The Morgan fingerprint density at radius 2 is 2.11 bits per heavy atom. The molecule has 6 heteroatoms. The highest BCUT2D eigenvalue weighted by Gasteiger charge is 2.37. The zero-order valence-corrected chi connectivity index (χ0v) is 16.3. The van der Waals surface area contributed by atoms with Crippen LogP contribution in [0, 0.1) is 12.8 Å². The van der Waals surface area contributed by atoms with Crippen LogP contribution in [0.15, 0.2) is 36.4 Å². The monoisotopic (exact) mass is 385 g/mol. The molecule has 0 aliphatic carbocycles. The molecule has 0 saturated carbocycles. The van der Waals surface area contributed by atoms with Gasteiger partial charge in [-0.05, 0) is 62.6 Å². The summed E-state index contributed by atoms with van der Waals surface area (Å²) < 4.78 is 6.08. The van der Waals surface area contributed by atoms with Gasteiger partial charge in [-0.15, -0.1) is 0 Å². The maximum Gasteiger partial charge on any atom is 0.323 e. The summed E-state index contributed by atoms with van der Waals surface area (Å²) in [5.74, 6) is 0.462. The van der Waals surface area contributed by atoms with Crippen molar-refractivity contribution in [1.82, 2.24) is 0 Å². The largest absolute Gasteiger partial charge is 0.382 e. The molecule has 2 aromatic carbocycles. The molecule has 142 valence electrons. The van der Waals surface area contributed by atoms with Crippen LogP contribution in [0.5, 0.6) is 0 Å². The molecule has 4 rings (SSSR count). The van der Waals surface area contributed by atoms with Gasteiger partial charge in [0.25, 0.3) is 0 Å². The van der Waals surface area contributed by atoms with Gasteiger partial charge in [0.15, 0.2) is 0 Å². The number of carbonyl (C=O) groups is 1. The highest BCUT2D eigenvalue weighted by Crippen LogP contribution is 2.44. The van der Waals surface area contributed by atoms with E-state index < -0.39 is 0 Å². The predicted octanol–water partition coefficient (Wildman–Crippen LogP) is 5.57. The Labute approximate surface area is 164 Å². The van der Waals surface area contributed by atoms with E-state index in [2.05, 4.69) is 22.9 Å². The summed E-state index contributed by atoms with van der Waals surface area (Å²) in [5.41, 5.74) is 4.49. The molecule has 1 fully saturated rings. The van der Waals surface area contributed by atoms with E-state index in [4.69, 9.17) is 16.3 Å². The summed E-state index contributed by atoms with van der Waals surface area (Å²) in [6, 6.07) is 11.5. The van der Waals surface area contributed by atoms with E-state index in [0.29, 0.717) is 22.7 Å². The molecule has 0 spiro atoms. The lowest BCUT2D eigenvalue weighted by Crippen LogP contribution is -2.39. The summed E-state index contributed by atoms with van der Waals surface area (Å²) in [7, 11) is 0. The summed E-state index contributed by atoms with van der Waals surface area (Å²) in [5, 5.41) is 9.98. The maximum absolute atomic E-state index is 12.4. The number of ether oxygens (including phenoxy) is 1. The lowest BCUT2D eigenvalue weighted by molar-refractivity contribution is -0.0358. The molecule has 3 atom stereocenters. The fourth-order valence-corrected chi connectivity index (χ4v) is 4.20. The van der Waals surface area contributed by atoms with E-state index in [0.717, 1.165) is 42.0 Å². The molecule has 2 aliphatic heterocycles. The third kappa shape index (κ3) is 3.62. The van der Waals surface area contributed by atoms with Crippen molar-refractivity contribution in [3.63, 3.8) is 0 Å². The van der Waals surface area contributed by atoms with Crippen LogP contribution in [0.4, 0.5) is 21.9 Å². The summed E-state index contributed by atoms with van der Waals surface area (Å²) in [6.45, 7) is 4.88. The van der Waals surface area contributed by atoms with Gasteiger partial charge in [0.05, 0.1) is 6.10 Å². The van der Waals surface area contributed by atoms with Crippen LogP contribution in [0.1, 0.15) is 37.0 Å².